The van der Waals surface area contributed by atoms with Crippen LogP contribution in [0, 0.1) is 6.92 Å². The van der Waals surface area contributed by atoms with Crippen molar-refractivity contribution in [3.05, 3.63) is 46.8 Å². The molecular weight excluding hydrogens is 234 g/mol. The van der Waals surface area contributed by atoms with Crippen LogP contribution in [-0.4, -0.2) is 16.3 Å². The molecule has 0 atom stereocenters. The Morgan fingerprint density at radius 1 is 1.32 bits per heavy atom. The van der Waals surface area contributed by atoms with Crippen molar-refractivity contribution < 1.29 is 0 Å². The van der Waals surface area contributed by atoms with E-state index >= 15 is 0 Å². The molecule has 0 radical (unpaired) electrons. The number of nitrogens with zero attached hydrogens (tertiary/aromatic N) is 2. The lowest BCUT2D eigenvalue weighted by atomic mass is 9.99. The smallest absolute Gasteiger partial charge is 0.0596 e. The Morgan fingerprint density at radius 2 is 2.21 bits per heavy atom. The van der Waals surface area contributed by atoms with Gasteiger partial charge < -0.3 is 5.32 Å². The maximum atomic E-state index is 4.51. The highest BCUT2D eigenvalue weighted by atomic mass is 15.3. The van der Waals surface area contributed by atoms with E-state index in [4.69, 9.17) is 0 Å². The summed E-state index contributed by atoms with van der Waals surface area (Å²) in [5, 5.41) is 8.01. The summed E-state index contributed by atoms with van der Waals surface area (Å²) in [6.07, 6.45) is 3.41. The van der Waals surface area contributed by atoms with Gasteiger partial charge in [-0.2, -0.15) is 5.10 Å². The van der Waals surface area contributed by atoms with Gasteiger partial charge in [0.15, 0.2) is 0 Å². The lowest BCUT2D eigenvalue weighted by Crippen LogP contribution is -2.12. The van der Waals surface area contributed by atoms with Gasteiger partial charge in [0.25, 0.3) is 0 Å². The zero-order valence-corrected chi connectivity index (χ0v) is 11.7. The van der Waals surface area contributed by atoms with Gasteiger partial charge in [0.05, 0.1) is 5.69 Å². The molecule has 0 saturated carbocycles. The fourth-order valence-corrected chi connectivity index (χ4v) is 2.84. The van der Waals surface area contributed by atoms with Crippen molar-refractivity contribution in [3.8, 4) is 0 Å². The highest BCUT2D eigenvalue weighted by Gasteiger charge is 2.10. The molecule has 19 heavy (non-hydrogen) atoms. The fourth-order valence-electron chi connectivity index (χ4n) is 2.84. The minimum atomic E-state index is 0.937. The molecule has 1 N–H and O–H groups in total. The number of rotatable bonds is 3. The molecule has 3 rings (SSSR count). The molecule has 100 valence electrons. The average molecular weight is 255 g/mol. The highest BCUT2D eigenvalue weighted by molar-refractivity contribution is 5.55. The van der Waals surface area contributed by atoms with Crippen LogP contribution < -0.4 is 5.32 Å². The molecule has 0 fully saturated rings. The predicted molar refractivity (Wildman–Crippen MR) is 78.7 cm³/mol. The van der Waals surface area contributed by atoms with E-state index in [1.807, 2.05) is 0 Å². The molecule has 1 aromatic carbocycles. The number of benzene rings is 1. The second-order valence-electron chi connectivity index (χ2n) is 5.29. The van der Waals surface area contributed by atoms with Crippen molar-refractivity contribution in [1.29, 1.82) is 0 Å². The predicted octanol–water partition coefficient (Wildman–Crippen LogP) is 3.16. The normalized spacial score (nSPS) is 14.0. The van der Waals surface area contributed by atoms with E-state index in [0.29, 0.717) is 0 Å². The third-order valence-electron chi connectivity index (χ3n) is 3.78. The maximum absolute atomic E-state index is 4.51. The number of aryl methyl sites for hydroxylation is 3. The van der Waals surface area contributed by atoms with E-state index in [1.165, 1.54) is 35.3 Å². The van der Waals surface area contributed by atoms with Crippen molar-refractivity contribution in [1.82, 2.24) is 9.78 Å². The molecule has 1 aromatic heterocycles. The summed E-state index contributed by atoms with van der Waals surface area (Å²) in [5.41, 5.74) is 6.55. The van der Waals surface area contributed by atoms with Gasteiger partial charge in [-0.05, 0) is 49.9 Å². The number of hydrogen-bond donors (Lipinski definition) is 1. The van der Waals surface area contributed by atoms with Gasteiger partial charge in [0, 0.05) is 30.9 Å². The summed E-state index contributed by atoms with van der Waals surface area (Å²) >= 11 is 0. The molecule has 0 bridgehead atoms. The van der Waals surface area contributed by atoms with Crippen molar-refractivity contribution in [3.63, 3.8) is 0 Å². The van der Waals surface area contributed by atoms with E-state index in [0.717, 1.165) is 25.2 Å². The maximum Gasteiger partial charge on any atom is 0.0596 e. The topological polar surface area (TPSA) is 29.9 Å². The second-order valence-corrected chi connectivity index (χ2v) is 5.29. The number of nitrogens with one attached hydrogen (secondary N) is 1. The summed E-state index contributed by atoms with van der Waals surface area (Å²) < 4.78 is 2.10. The number of hydrogen-bond acceptors (Lipinski definition) is 2. The molecule has 0 saturated heterocycles. The standard InChI is InChI=1S/C16H21N3/c1-3-19-15(9-12(2)18-19)10-13-6-7-14-5-4-8-17-16(14)11-13/h6-7,9,11,17H,3-5,8,10H2,1-2H3. The molecule has 0 unspecified atom stereocenters. The van der Waals surface area contributed by atoms with E-state index in [1.54, 1.807) is 0 Å². The van der Waals surface area contributed by atoms with Crippen molar-refractivity contribution in [2.75, 3.05) is 11.9 Å². The minimum absolute atomic E-state index is 0.937. The number of fused-ring (bicyclic) bond motifs is 1. The minimum Gasteiger partial charge on any atom is -0.385 e. The highest BCUT2D eigenvalue weighted by Crippen LogP contribution is 2.24. The van der Waals surface area contributed by atoms with Gasteiger partial charge in [-0.15, -0.1) is 0 Å². The Kier molecular flexibility index (Phi) is 3.28. The van der Waals surface area contributed by atoms with E-state index in [-0.39, 0.29) is 0 Å². The Hall–Kier alpha value is -1.77. The quantitative estimate of drug-likeness (QED) is 0.913. The average Bonchev–Trinajstić information content (AvgIpc) is 2.78. The zero-order chi connectivity index (χ0) is 13.2. The van der Waals surface area contributed by atoms with Gasteiger partial charge in [0.1, 0.15) is 0 Å². The SMILES string of the molecule is CCn1nc(C)cc1Cc1ccc2c(c1)NCCC2. The zero-order valence-electron chi connectivity index (χ0n) is 11.7. The van der Waals surface area contributed by atoms with Gasteiger partial charge in [-0.1, -0.05) is 12.1 Å². The van der Waals surface area contributed by atoms with Crippen LogP contribution in [0.4, 0.5) is 5.69 Å². The first-order valence-corrected chi connectivity index (χ1v) is 7.15. The fraction of sp³-hybridized carbons (Fsp3) is 0.438. The molecular formula is C16H21N3. The van der Waals surface area contributed by atoms with Crippen LogP contribution >= 0.6 is 0 Å². The van der Waals surface area contributed by atoms with Crippen LogP contribution in [0.3, 0.4) is 0 Å². The van der Waals surface area contributed by atoms with Crippen LogP contribution in [0.5, 0.6) is 0 Å². The molecule has 2 heterocycles. The number of anilines is 1. The Balaban J connectivity index is 1.86. The molecule has 1 aliphatic heterocycles. The first-order valence-electron chi connectivity index (χ1n) is 7.15. The van der Waals surface area contributed by atoms with Gasteiger partial charge in [0.2, 0.25) is 0 Å². The molecule has 3 nitrogen and oxygen atoms in total. The Labute approximate surface area is 114 Å². The van der Waals surface area contributed by atoms with Crippen molar-refractivity contribution in [2.24, 2.45) is 0 Å². The Bertz CT molecular complexity index is 584. The summed E-state index contributed by atoms with van der Waals surface area (Å²) in [6.45, 7) is 6.24. The third kappa shape index (κ3) is 2.50. The molecule has 3 heteroatoms. The second kappa shape index (κ2) is 5.08. The first kappa shape index (κ1) is 12.3. The third-order valence-corrected chi connectivity index (χ3v) is 3.78. The van der Waals surface area contributed by atoms with Crippen molar-refractivity contribution >= 4 is 5.69 Å². The lowest BCUT2D eigenvalue weighted by Gasteiger charge is -2.18. The van der Waals surface area contributed by atoms with Crippen LogP contribution in [-0.2, 0) is 19.4 Å². The number of aromatic nitrogens is 2. The molecule has 2 aromatic rings. The van der Waals surface area contributed by atoms with Crippen LogP contribution in [0.1, 0.15) is 35.9 Å². The Morgan fingerprint density at radius 3 is 3.05 bits per heavy atom. The summed E-state index contributed by atoms with van der Waals surface area (Å²) in [4.78, 5) is 0. The summed E-state index contributed by atoms with van der Waals surface area (Å²) in [5.74, 6) is 0. The van der Waals surface area contributed by atoms with E-state index in [9.17, 15) is 0 Å². The van der Waals surface area contributed by atoms with Crippen LogP contribution in [0.25, 0.3) is 0 Å². The van der Waals surface area contributed by atoms with Crippen LogP contribution in [0.2, 0.25) is 0 Å². The van der Waals surface area contributed by atoms with Crippen molar-refractivity contribution in [2.45, 2.75) is 39.7 Å². The van der Waals surface area contributed by atoms with Crippen LogP contribution in [0.15, 0.2) is 24.3 Å². The molecule has 0 amide bonds. The molecule has 0 spiro atoms. The van der Waals surface area contributed by atoms with Gasteiger partial charge >= 0.3 is 0 Å². The largest absolute Gasteiger partial charge is 0.385 e. The monoisotopic (exact) mass is 255 g/mol. The molecule has 0 aliphatic carbocycles. The van der Waals surface area contributed by atoms with Gasteiger partial charge in [-0.3, -0.25) is 4.68 Å². The first-order chi connectivity index (χ1) is 9.26. The van der Waals surface area contributed by atoms with E-state index in [2.05, 4.69) is 53.2 Å². The summed E-state index contributed by atoms with van der Waals surface area (Å²) in [7, 11) is 0. The molecule has 1 aliphatic rings. The lowest BCUT2D eigenvalue weighted by molar-refractivity contribution is 0.625. The van der Waals surface area contributed by atoms with E-state index < -0.39 is 0 Å². The van der Waals surface area contributed by atoms with Gasteiger partial charge in [-0.25, -0.2) is 0 Å². The summed E-state index contributed by atoms with van der Waals surface area (Å²) in [6, 6.07) is 9.03.